The maximum absolute atomic E-state index is 12.6. The smallest absolute Gasteiger partial charge is 0.339 e. The maximum Gasteiger partial charge on any atom is 0.339 e. The highest BCUT2D eigenvalue weighted by molar-refractivity contribution is 5.92. The third-order valence-corrected chi connectivity index (χ3v) is 6.00. The number of aromatic carboxylic acids is 1. The van der Waals surface area contributed by atoms with Crippen molar-refractivity contribution in [2.75, 3.05) is 4.90 Å². The molecule has 34 heavy (non-hydrogen) atoms. The highest BCUT2D eigenvalue weighted by Gasteiger charge is 2.19. The summed E-state index contributed by atoms with van der Waals surface area (Å²) in [5.41, 5.74) is 6.30. The van der Waals surface area contributed by atoms with E-state index in [1.165, 1.54) is 12.1 Å². The fraction of sp³-hybridized carbons (Fsp3) is 0.143. The first kappa shape index (κ1) is 22.9. The van der Waals surface area contributed by atoms with E-state index in [0.717, 1.165) is 33.8 Å². The molecule has 0 radical (unpaired) electrons. The number of hydrogen-bond acceptors (Lipinski definition) is 3. The lowest BCUT2D eigenvalue weighted by Gasteiger charge is -2.22. The second kappa shape index (κ2) is 9.27. The van der Waals surface area contributed by atoms with E-state index >= 15 is 0 Å². The molecule has 6 nitrogen and oxygen atoms in total. The van der Waals surface area contributed by atoms with Crippen molar-refractivity contribution in [3.05, 3.63) is 101 Å². The van der Waals surface area contributed by atoms with Crippen molar-refractivity contribution in [1.82, 2.24) is 4.57 Å². The van der Waals surface area contributed by atoms with Gasteiger partial charge in [-0.3, -0.25) is 4.79 Å². The number of nitrogens with zero attached hydrogens (tertiary/aromatic N) is 2. The minimum atomic E-state index is -1.18. The van der Waals surface area contributed by atoms with Crippen LogP contribution in [0.25, 0.3) is 16.8 Å². The van der Waals surface area contributed by atoms with Gasteiger partial charge in [0.1, 0.15) is 11.3 Å². The van der Waals surface area contributed by atoms with Crippen LogP contribution in [0.1, 0.15) is 34.2 Å². The lowest BCUT2D eigenvalue weighted by molar-refractivity contribution is -0.116. The van der Waals surface area contributed by atoms with E-state index in [1.54, 1.807) is 17.9 Å². The zero-order valence-corrected chi connectivity index (χ0v) is 19.3. The zero-order valence-electron chi connectivity index (χ0n) is 19.3. The number of carbonyl (C=O) groups is 2. The molecule has 0 spiro atoms. The van der Waals surface area contributed by atoms with Gasteiger partial charge >= 0.3 is 5.97 Å². The van der Waals surface area contributed by atoms with Gasteiger partial charge in [0.05, 0.1) is 6.54 Å². The Bertz CT molecular complexity index is 1360. The number of aromatic nitrogens is 1. The maximum atomic E-state index is 12.6. The molecule has 0 aliphatic carbocycles. The summed E-state index contributed by atoms with van der Waals surface area (Å²) in [7, 11) is 0. The Morgan fingerprint density at radius 1 is 0.882 bits per heavy atom. The van der Waals surface area contributed by atoms with Crippen LogP contribution in [-0.2, 0) is 11.3 Å². The number of phenols is 1. The summed E-state index contributed by atoms with van der Waals surface area (Å²) in [5.74, 6) is -1.54. The molecule has 0 fully saturated rings. The number of rotatable bonds is 6. The first-order chi connectivity index (χ1) is 16.3. The van der Waals surface area contributed by atoms with E-state index in [4.69, 9.17) is 0 Å². The average Bonchev–Trinajstić information content (AvgIpc) is 3.10. The second-order valence-electron chi connectivity index (χ2n) is 8.26. The van der Waals surface area contributed by atoms with E-state index in [9.17, 15) is 19.8 Å². The standard InChI is InChI=1S/C28H26N2O4/c1-18-15-23(19(2)30(18)25-13-14-26(28(33)34)27(32)16-25)17-29(20(3)31)24-11-9-22(10-12-24)21-7-5-4-6-8-21/h4-16,32H,17H2,1-3H3,(H,33,34). The second-order valence-corrected chi connectivity index (χ2v) is 8.26. The van der Waals surface area contributed by atoms with Crippen LogP contribution >= 0.6 is 0 Å². The lowest BCUT2D eigenvalue weighted by atomic mass is 10.1. The summed E-state index contributed by atoms with van der Waals surface area (Å²) < 4.78 is 1.94. The lowest BCUT2D eigenvalue weighted by Crippen LogP contribution is -2.28. The van der Waals surface area contributed by atoms with Gasteiger partial charge in [-0.2, -0.15) is 0 Å². The molecule has 0 aliphatic heterocycles. The SMILES string of the molecule is CC(=O)N(Cc1cc(C)n(-c2ccc(C(=O)O)c(O)c2)c1C)c1ccc(-c2ccccc2)cc1. The predicted octanol–water partition coefficient (Wildman–Crippen LogP) is 5.72. The molecular weight excluding hydrogens is 428 g/mol. The first-order valence-electron chi connectivity index (χ1n) is 10.9. The van der Waals surface area contributed by atoms with Crippen LogP contribution in [-0.4, -0.2) is 26.7 Å². The molecule has 1 aromatic heterocycles. The van der Waals surface area contributed by atoms with Crippen LogP contribution in [0.2, 0.25) is 0 Å². The Morgan fingerprint density at radius 2 is 1.53 bits per heavy atom. The van der Waals surface area contributed by atoms with Gasteiger partial charge in [0, 0.05) is 35.8 Å². The van der Waals surface area contributed by atoms with Crippen LogP contribution in [0, 0.1) is 13.8 Å². The van der Waals surface area contributed by atoms with E-state index in [1.807, 2.05) is 79.1 Å². The monoisotopic (exact) mass is 454 g/mol. The third kappa shape index (κ3) is 4.43. The van der Waals surface area contributed by atoms with Gasteiger partial charge in [0.25, 0.3) is 0 Å². The molecule has 0 bridgehead atoms. The molecule has 1 amide bonds. The van der Waals surface area contributed by atoms with Crippen LogP contribution in [0.3, 0.4) is 0 Å². The Hall–Kier alpha value is -4.32. The van der Waals surface area contributed by atoms with E-state index < -0.39 is 5.97 Å². The minimum Gasteiger partial charge on any atom is -0.507 e. The van der Waals surface area contributed by atoms with Gasteiger partial charge in [-0.1, -0.05) is 42.5 Å². The molecule has 3 aromatic carbocycles. The topological polar surface area (TPSA) is 82.8 Å². The number of anilines is 1. The molecular formula is C28H26N2O4. The van der Waals surface area contributed by atoms with Crippen LogP contribution in [0.5, 0.6) is 5.75 Å². The molecule has 0 saturated heterocycles. The fourth-order valence-electron chi connectivity index (χ4n) is 4.25. The number of carboxylic acid groups (broad SMARTS) is 1. The van der Waals surface area contributed by atoms with Crippen molar-refractivity contribution in [2.45, 2.75) is 27.3 Å². The van der Waals surface area contributed by atoms with Gasteiger partial charge < -0.3 is 19.7 Å². The summed E-state index contributed by atoms with van der Waals surface area (Å²) in [6.07, 6.45) is 0. The van der Waals surface area contributed by atoms with Gasteiger partial charge in [-0.15, -0.1) is 0 Å². The van der Waals surface area contributed by atoms with Crippen molar-refractivity contribution < 1.29 is 19.8 Å². The van der Waals surface area contributed by atoms with Crippen LogP contribution < -0.4 is 4.90 Å². The predicted molar refractivity (Wildman–Crippen MR) is 133 cm³/mol. The number of amides is 1. The Balaban J connectivity index is 1.64. The average molecular weight is 455 g/mol. The number of benzene rings is 3. The number of aryl methyl sites for hydroxylation is 1. The highest BCUT2D eigenvalue weighted by Crippen LogP contribution is 2.29. The molecule has 172 valence electrons. The van der Waals surface area contributed by atoms with Crippen molar-refractivity contribution in [2.24, 2.45) is 0 Å². The molecule has 4 aromatic rings. The largest absolute Gasteiger partial charge is 0.507 e. The van der Waals surface area contributed by atoms with Crippen LogP contribution in [0.15, 0.2) is 78.9 Å². The first-order valence-corrected chi connectivity index (χ1v) is 10.9. The van der Waals surface area contributed by atoms with Crippen molar-refractivity contribution in [3.8, 4) is 22.6 Å². The normalized spacial score (nSPS) is 10.8. The molecule has 0 atom stereocenters. The van der Waals surface area contributed by atoms with E-state index in [2.05, 4.69) is 0 Å². The third-order valence-electron chi connectivity index (χ3n) is 6.00. The molecule has 0 saturated carbocycles. The Kier molecular flexibility index (Phi) is 6.23. The summed E-state index contributed by atoms with van der Waals surface area (Å²) in [5, 5.41) is 19.3. The van der Waals surface area contributed by atoms with Crippen molar-refractivity contribution in [3.63, 3.8) is 0 Å². The molecule has 4 rings (SSSR count). The van der Waals surface area contributed by atoms with Crippen molar-refractivity contribution >= 4 is 17.6 Å². The minimum absolute atomic E-state index is 0.0688. The molecule has 0 aliphatic rings. The fourth-order valence-corrected chi connectivity index (χ4v) is 4.25. The van der Waals surface area contributed by atoms with Gasteiger partial charge in [-0.25, -0.2) is 4.79 Å². The van der Waals surface area contributed by atoms with Crippen molar-refractivity contribution in [1.29, 1.82) is 0 Å². The quantitative estimate of drug-likeness (QED) is 0.390. The summed E-state index contributed by atoms with van der Waals surface area (Å²) in [4.78, 5) is 25.5. The van der Waals surface area contributed by atoms with Crippen LogP contribution in [0.4, 0.5) is 5.69 Å². The summed E-state index contributed by atoms with van der Waals surface area (Å²) in [6, 6.07) is 24.5. The van der Waals surface area contributed by atoms with Gasteiger partial charge in [0.2, 0.25) is 5.91 Å². The highest BCUT2D eigenvalue weighted by atomic mass is 16.4. The Labute approximate surface area is 198 Å². The number of carboxylic acids is 1. The molecule has 0 unspecified atom stereocenters. The molecule has 6 heteroatoms. The van der Waals surface area contributed by atoms with Gasteiger partial charge in [-0.05, 0) is 60.9 Å². The zero-order chi connectivity index (χ0) is 24.4. The van der Waals surface area contributed by atoms with E-state index in [-0.39, 0.29) is 17.2 Å². The van der Waals surface area contributed by atoms with Gasteiger partial charge in [0.15, 0.2) is 0 Å². The number of aromatic hydroxyl groups is 1. The van der Waals surface area contributed by atoms with E-state index in [0.29, 0.717) is 12.2 Å². The summed E-state index contributed by atoms with van der Waals surface area (Å²) in [6.45, 7) is 5.82. The molecule has 2 N–H and O–H groups in total. The number of carbonyl (C=O) groups excluding carboxylic acids is 1. The Morgan fingerprint density at radius 3 is 2.12 bits per heavy atom. The number of hydrogen-bond donors (Lipinski definition) is 2. The molecule has 1 heterocycles. The summed E-state index contributed by atoms with van der Waals surface area (Å²) >= 11 is 0.